The molecule has 0 saturated heterocycles. The predicted octanol–water partition coefficient (Wildman–Crippen LogP) is 3.63. The summed E-state index contributed by atoms with van der Waals surface area (Å²) in [7, 11) is 0. The highest BCUT2D eigenvalue weighted by atomic mass is 16.6. The summed E-state index contributed by atoms with van der Waals surface area (Å²) in [5, 5.41) is 10.9. The standard InChI is InChI=1S/C26H25N3O8/c1-19(30)24(17-20-4-2-5-22(16-20)29(33)34)26(32)37-14-3-13-36-25(31)21-6-8-23(9-7-21)35-15-12-28-11-10-27-18-28/h2,4-11,16-18H,3,12-15H2,1H3/b24-17+. The number of rotatable bonds is 13. The van der Waals surface area contributed by atoms with E-state index in [0.717, 1.165) is 0 Å². The second kappa shape index (κ2) is 13.3. The van der Waals surface area contributed by atoms with Gasteiger partial charge in [-0.15, -0.1) is 0 Å². The first kappa shape index (κ1) is 26.8. The Labute approximate surface area is 212 Å². The van der Waals surface area contributed by atoms with Gasteiger partial charge in [0.05, 0.1) is 36.6 Å². The van der Waals surface area contributed by atoms with Crippen molar-refractivity contribution in [3.05, 3.63) is 94.1 Å². The second-order valence-corrected chi connectivity index (χ2v) is 7.77. The Kier molecular flexibility index (Phi) is 9.66. The fraction of sp³-hybridized carbons (Fsp3) is 0.231. The molecule has 3 aromatic rings. The van der Waals surface area contributed by atoms with Crippen molar-refractivity contribution in [3.8, 4) is 5.75 Å². The van der Waals surface area contributed by atoms with Gasteiger partial charge in [0, 0.05) is 30.9 Å². The van der Waals surface area contributed by atoms with Gasteiger partial charge in [0.2, 0.25) is 0 Å². The number of imidazole rings is 1. The summed E-state index contributed by atoms with van der Waals surface area (Å²) in [5.74, 6) is -1.33. The fourth-order valence-corrected chi connectivity index (χ4v) is 3.12. The molecule has 11 heteroatoms. The van der Waals surface area contributed by atoms with Gasteiger partial charge in [-0.05, 0) is 42.8 Å². The molecule has 1 heterocycles. The number of non-ortho nitro benzene ring substituents is 1. The Hall–Kier alpha value is -4.80. The zero-order valence-corrected chi connectivity index (χ0v) is 20.1. The minimum absolute atomic E-state index is 0.000725. The predicted molar refractivity (Wildman–Crippen MR) is 132 cm³/mol. The molecule has 0 amide bonds. The molecule has 0 atom stereocenters. The van der Waals surface area contributed by atoms with Crippen LogP contribution in [0.3, 0.4) is 0 Å². The number of nitro benzene ring substituents is 1. The van der Waals surface area contributed by atoms with Crippen LogP contribution in [0.2, 0.25) is 0 Å². The third-order valence-electron chi connectivity index (χ3n) is 5.01. The topological polar surface area (TPSA) is 140 Å². The summed E-state index contributed by atoms with van der Waals surface area (Å²) < 4.78 is 17.8. The molecule has 0 spiro atoms. The summed E-state index contributed by atoms with van der Waals surface area (Å²) >= 11 is 0. The average molecular weight is 507 g/mol. The lowest BCUT2D eigenvalue weighted by molar-refractivity contribution is -0.384. The molecule has 0 radical (unpaired) electrons. The Morgan fingerprint density at radius 2 is 1.81 bits per heavy atom. The van der Waals surface area contributed by atoms with Crippen LogP contribution in [0.1, 0.15) is 29.3 Å². The van der Waals surface area contributed by atoms with E-state index in [-0.39, 0.29) is 30.9 Å². The Bertz CT molecular complexity index is 1270. The maximum atomic E-state index is 12.3. The quantitative estimate of drug-likeness (QED) is 0.0645. The van der Waals surface area contributed by atoms with Gasteiger partial charge in [0.15, 0.2) is 5.78 Å². The minimum atomic E-state index is -0.867. The fourth-order valence-electron chi connectivity index (χ4n) is 3.12. The van der Waals surface area contributed by atoms with Crippen LogP contribution >= 0.6 is 0 Å². The van der Waals surface area contributed by atoms with E-state index in [1.165, 1.54) is 37.3 Å². The van der Waals surface area contributed by atoms with Crippen molar-refractivity contribution in [2.75, 3.05) is 19.8 Å². The lowest BCUT2D eigenvalue weighted by Crippen LogP contribution is -2.16. The largest absolute Gasteiger partial charge is 0.492 e. The lowest BCUT2D eigenvalue weighted by atomic mass is 10.1. The molecule has 192 valence electrons. The molecule has 2 aromatic carbocycles. The maximum absolute atomic E-state index is 12.3. The summed E-state index contributed by atoms with van der Waals surface area (Å²) in [6, 6.07) is 12.0. The zero-order valence-electron chi connectivity index (χ0n) is 20.1. The van der Waals surface area contributed by atoms with Crippen LogP contribution in [-0.4, -0.2) is 52.0 Å². The van der Waals surface area contributed by atoms with Crippen molar-refractivity contribution in [2.45, 2.75) is 19.9 Å². The van der Waals surface area contributed by atoms with E-state index in [0.29, 0.717) is 30.0 Å². The number of ketones is 1. The van der Waals surface area contributed by atoms with Gasteiger partial charge in [0.25, 0.3) is 5.69 Å². The van der Waals surface area contributed by atoms with Gasteiger partial charge in [-0.2, -0.15) is 0 Å². The first-order valence-electron chi connectivity index (χ1n) is 11.3. The summed E-state index contributed by atoms with van der Waals surface area (Å²) in [4.78, 5) is 50.7. The monoisotopic (exact) mass is 507 g/mol. The number of carbonyl (C=O) groups excluding carboxylic acids is 3. The average Bonchev–Trinajstić information content (AvgIpc) is 3.41. The number of hydrogen-bond donors (Lipinski definition) is 0. The number of aromatic nitrogens is 2. The molecule has 11 nitrogen and oxygen atoms in total. The smallest absolute Gasteiger partial charge is 0.341 e. The number of nitrogens with zero attached hydrogens (tertiary/aromatic N) is 3. The number of esters is 2. The Morgan fingerprint density at radius 1 is 1.05 bits per heavy atom. The van der Waals surface area contributed by atoms with Crippen LogP contribution in [0.4, 0.5) is 5.69 Å². The summed E-state index contributed by atoms with van der Waals surface area (Å²) in [6.07, 6.45) is 6.68. The minimum Gasteiger partial charge on any atom is -0.492 e. The highest BCUT2D eigenvalue weighted by Crippen LogP contribution is 2.17. The zero-order chi connectivity index (χ0) is 26.6. The third kappa shape index (κ3) is 8.42. The molecule has 3 rings (SSSR count). The second-order valence-electron chi connectivity index (χ2n) is 7.77. The van der Waals surface area contributed by atoms with Crippen molar-refractivity contribution in [3.63, 3.8) is 0 Å². The van der Waals surface area contributed by atoms with Gasteiger partial charge in [0.1, 0.15) is 17.9 Å². The number of carbonyl (C=O) groups is 3. The first-order valence-corrected chi connectivity index (χ1v) is 11.3. The number of hydrogen-bond acceptors (Lipinski definition) is 9. The molecule has 0 bridgehead atoms. The van der Waals surface area contributed by atoms with Gasteiger partial charge >= 0.3 is 11.9 Å². The Morgan fingerprint density at radius 3 is 2.49 bits per heavy atom. The molecule has 0 fully saturated rings. The molecule has 0 aliphatic carbocycles. The molecule has 37 heavy (non-hydrogen) atoms. The van der Waals surface area contributed by atoms with Crippen LogP contribution in [-0.2, 0) is 25.6 Å². The van der Waals surface area contributed by atoms with E-state index in [1.54, 1.807) is 36.8 Å². The first-order chi connectivity index (χ1) is 17.8. The van der Waals surface area contributed by atoms with E-state index < -0.39 is 22.6 Å². The van der Waals surface area contributed by atoms with Crippen LogP contribution in [0.25, 0.3) is 6.08 Å². The molecule has 0 N–H and O–H groups in total. The van der Waals surface area contributed by atoms with Gasteiger partial charge in [-0.25, -0.2) is 14.6 Å². The number of benzene rings is 2. The molecular formula is C26H25N3O8. The molecule has 0 unspecified atom stereocenters. The normalized spacial score (nSPS) is 11.0. The van der Waals surface area contributed by atoms with Crippen molar-refractivity contribution in [1.82, 2.24) is 9.55 Å². The molecular weight excluding hydrogens is 482 g/mol. The van der Waals surface area contributed by atoms with Crippen LogP contribution in [0.15, 0.2) is 72.8 Å². The van der Waals surface area contributed by atoms with Gasteiger partial charge < -0.3 is 18.8 Å². The number of ether oxygens (including phenoxy) is 3. The molecule has 0 aliphatic rings. The highest BCUT2D eigenvalue weighted by Gasteiger charge is 2.17. The van der Waals surface area contributed by atoms with Crippen LogP contribution in [0.5, 0.6) is 5.75 Å². The highest BCUT2D eigenvalue weighted by molar-refractivity contribution is 6.19. The van der Waals surface area contributed by atoms with Crippen LogP contribution < -0.4 is 4.74 Å². The molecule has 0 saturated carbocycles. The lowest BCUT2D eigenvalue weighted by Gasteiger charge is -2.09. The van der Waals surface area contributed by atoms with Crippen molar-refractivity contribution in [1.29, 1.82) is 0 Å². The van der Waals surface area contributed by atoms with Gasteiger partial charge in [-0.1, -0.05) is 12.1 Å². The van der Waals surface area contributed by atoms with Crippen LogP contribution in [0, 0.1) is 10.1 Å². The third-order valence-corrected chi connectivity index (χ3v) is 5.01. The molecule has 1 aromatic heterocycles. The van der Waals surface area contributed by atoms with E-state index in [1.807, 2.05) is 10.8 Å². The van der Waals surface area contributed by atoms with E-state index in [2.05, 4.69) is 4.98 Å². The van der Waals surface area contributed by atoms with Crippen molar-refractivity contribution < 1.29 is 33.5 Å². The summed E-state index contributed by atoms with van der Waals surface area (Å²) in [6.45, 7) is 2.20. The van der Waals surface area contributed by atoms with E-state index in [9.17, 15) is 24.5 Å². The maximum Gasteiger partial charge on any atom is 0.341 e. The van der Waals surface area contributed by atoms with Crippen molar-refractivity contribution >= 4 is 29.5 Å². The number of Topliss-reactive ketones (excluding diaryl/α,β-unsaturated/α-hetero) is 1. The van der Waals surface area contributed by atoms with Gasteiger partial charge in [-0.3, -0.25) is 14.9 Å². The number of nitro groups is 1. The van der Waals surface area contributed by atoms with Crippen molar-refractivity contribution in [2.24, 2.45) is 0 Å². The molecule has 0 aliphatic heterocycles. The van der Waals surface area contributed by atoms with E-state index >= 15 is 0 Å². The van der Waals surface area contributed by atoms with E-state index in [4.69, 9.17) is 14.2 Å². The summed E-state index contributed by atoms with van der Waals surface area (Å²) in [5.41, 5.74) is 0.252. The SMILES string of the molecule is CC(=O)/C(=C\c1cccc([N+](=O)[O-])c1)C(=O)OCCCOC(=O)c1ccc(OCCn2ccnc2)cc1. The Balaban J connectivity index is 1.41.